The van der Waals surface area contributed by atoms with Gasteiger partial charge in [0.2, 0.25) is 0 Å². The Morgan fingerprint density at radius 2 is 1.73 bits per heavy atom. The maximum Gasteiger partial charge on any atom is 0.143 e. The average molecular weight is 295 g/mol. The van der Waals surface area contributed by atoms with Crippen molar-refractivity contribution in [2.24, 2.45) is 0 Å². The van der Waals surface area contributed by atoms with Crippen molar-refractivity contribution < 1.29 is 5.11 Å². The molecule has 22 heavy (non-hydrogen) atoms. The predicted octanol–water partition coefficient (Wildman–Crippen LogP) is 4.03. The number of aryl methyl sites for hydroxylation is 2. The van der Waals surface area contributed by atoms with E-state index < -0.39 is 0 Å². The van der Waals surface area contributed by atoms with Gasteiger partial charge in [0, 0.05) is 0 Å². The molecule has 1 heterocycles. The molecule has 0 amide bonds. The molecule has 0 fully saturated rings. The molecule has 0 atom stereocenters. The van der Waals surface area contributed by atoms with Gasteiger partial charge in [-0.2, -0.15) is 0 Å². The SMILES string of the molecule is CCCCc1ccc(O)c(-n2nc3ccc(CC)cc3n2)c1. The second-order valence-corrected chi connectivity index (χ2v) is 5.59. The Kier molecular flexibility index (Phi) is 4.09. The Morgan fingerprint density at radius 1 is 0.955 bits per heavy atom. The maximum absolute atomic E-state index is 10.1. The molecule has 0 radical (unpaired) electrons. The zero-order chi connectivity index (χ0) is 15.5. The summed E-state index contributed by atoms with van der Waals surface area (Å²) in [5.41, 5.74) is 4.78. The molecule has 3 rings (SSSR count). The first kappa shape index (κ1) is 14.6. The Hall–Kier alpha value is -2.36. The number of nitrogens with zero attached hydrogens (tertiary/aromatic N) is 3. The molecule has 3 aromatic rings. The summed E-state index contributed by atoms with van der Waals surface area (Å²) in [5, 5.41) is 19.1. The van der Waals surface area contributed by atoms with Crippen LogP contribution in [0.25, 0.3) is 16.7 Å². The summed E-state index contributed by atoms with van der Waals surface area (Å²) in [6, 6.07) is 11.8. The van der Waals surface area contributed by atoms with Gasteiger partial charge in [0.1, 0.15) is 22.5 Å². The van der Waals surface area contributed by atoms with Crippen LogP contribution in [-0.2, 0) is 12.8 Å². The van der Waals surface area contributed by atoms with Crippen molar-refractivity contribution in [2.75, 3.05) is 0 Å². The van der Waals surface area contributed by atoms with Crippen LogP contribution in [0.4, 0.5) is 0 Å². The molecule has 0 saturated heterocycles. The third kappa shape index (κ3) is 2.82. The van der Waals surface area contributed by atoms with Gasteiger partial charge >= 0.3 is 0 Å². The van der Waals surface area contributed by atoms with E-state index in [0.717, 1.165) is 36.7 Å². The number of hydrogen-bond donors (Lipinski definition) is 1. The zero-order valence-corrected chi connectivity index (χ0v) is 13.1. The largest absolute Gasteiger partial charge is 0.506 e. The molecule has 114 valence electrons. The van der Waals surface area contributed by atoms with Crippen molar-refractivity contribution in [1.82, 2.24) is 15.0 Å². The third-order valence-electron chi connectivity index (χ3n) is 3.93. The normalized spacial score (nSPS) is 11.2. The van der Waals surface area contributed by atoms with Crippen LogP contribution in [0.2, 0.25) is 0 Å². The molecule has 0 saturated carbocycles. The number of fused-ring (bicyclic) bond motifs is 1. The van der Waals surface area contributed by atoms with Gasteiger partial charge in [-0.3, -0.25) is 0 Å². The predicted molar refractivity (Wildman–Crippen MR) is 88.5 cm³/mol. The standard InChI is InChI=1S/C18H21N3O/c1-3-5-6-14-8-10-18(22)17(12-14)21-19-15-9-7-13(4-2)11-16(15)20-21/h7-12,22H,3-6H2,1-2H3. The van der Waals surface area contributed by atoms with Crippen LogP contribution < -0.4 is 0 Å². The topological polar surface area (TPSA) is 50.9 Å². The number of aromatic hydroxyl groups is 1. The lowest BCUT2D eigenvalue weighted by atomic mass is 10.1. The molecule has 4 nitrogen and oxygen atoms in total. The Balaban J connectivity index is 2.02. The number of aromatic nitrogens is 3. The number of rotatable bonds is 5. The van der Waals surface area contributed by atoms with Crippen LogP contribution in [0, 0.1) is 0 Å². The molecule has 1 N–H and O–H groups in total. The van der Waals surface area contributed by atoms with Gasteiger partial charge in [-0.15, -0.1) is 15.0 Å². The molecule has 1 aromatic heterocycles. The lowest BCUT2D eigenvalue weighted by Crippen LogP contribution is -2.00. The minimum Gasteiger partial charge on any atom is -0.506 e. The molecule has 0 spiro atoms. The van der Waals surface area contributed by atoms with Gasteiger partial charge in [-0.25, -0.2) is 0 Å². The minimum absolute atomic E-state index is 0.205. The van der Waals surface area contributed by atoms with Gasteiger partial charge in [0.15, 0.2) is 0 Å². The first-order valence-corrected chi connectivity index (χ1v) is 7.89. The number of phenolic OH excluding ortho intramolecular Hbond substituents is 1. The Bertz CT molecular complexity index is 792. The van der Waals surface area contributed by atoms with Gasteiger partial charge < -0.3 is 5.11 Å². The summed E-state index contributed by atoms with van der Waals surface area (Å²) in [7, 11) is 0. The molecular weight excluding hydrogens is 274 g/mol. The molecule has 4 heteroatoms. The summed E-state index contributed by atoms with van der Waals surface area (Å²) < 4.78 is 0. The highest BCUT2D eigenvalue weighted by Crippen LogP contribution is 2.24. The highest BCUT2D eigenvalue weighted by atomic mass is 16.3. The van der Waals surface area contributed by atoms with Crippen molar-refractivity contribution in [3.05, 3.63) is 47.5 Å². The van der Waals surface area contributed by atoms with E-state index in [9.17, 15) is 5.11 Å². The summed E-state index contributed by atoms with van der Waals surface area (Å²) in [6.45, 7) is 4.29. The van der Waals surface area contributed by atoms with Crippen LogP contribution in [0.5, 0.6) is 5.75 Å². The van der Waals surface area contributed by atoms with Crippen molar-refractivity contribution in [2.45, 2.75) is 39.5 Å². The lowest BCUT2D eigenvalue weighted by molar-refractivity contribution is 0.467. The smallest absolute Gasteiger partial charge is 0.143 e. The summed E-state index contributed by atoms with van der Waals surface area (Å²) >= 11 is 0. The van der Waals surface area contributed by atoms with Crippen molar-refractivity contribution >= 4 is 11.0 Å². The van der Waals surface area contributed by atoms with Crippen molar-refractivity contribution in [1.29, 1.82) is 0 Å². The van der Waals surface area contributed by atoms with Crippen molar-refractivity contribution in [3.8, 4) is 11.4 Å². The Morgan fingerprint density at radius 3 is 2.50 bits per heavy atom. The minimum atomic E-state index is 0.205. The number of benzene rings is 2. The van der Waals surface area contributed by atoms with E-state index in [0.29, 0.717) is 5.69 Å². The van der Waals surface area contributed by atoms with E-state index in [1.807, 2.05) is 18.2 Å². The third-order valence-corrected chi connectivity index (χ3v) is 3.93. The van der Waals surface area contributed by atoms with E-state index in [4.69, 9.17) is 0 Å². The number of hydrogen-bond acceptors (Lipinski definition) is 3. The first-order chi connectivity index (χ1) is 10.7. The lowest BCUT2D eigenvalue weighted by Gasteiger charge is -2.06. The molecular formula is C18H21N3O. The molecule has 0 aliphatic carbocycles. The van der Waals surface area contributed by atoms with Crippen LogP contribution in [0.1, 0.15) is 37.8 Å². The van der Waals surface area contributed by atoms with Gasteiger partial charge in [-0.1, -0.05) is 32.4 Å². The maximum atomic E-state index is 10.1. The summed E-state index contributed by atoms with van der Waals surface area (Å²) in [5.74, 6) is 0.205. The van der Waals surface area contributed by atoms with Crippen LogP contribution in [0.15, 0.2) is 36.4 Å². The number of unbranched alkanes of at least 4 members (excludes halogenated alkanes) is 1. The second kappa shape index (κ2) is 6.18. The zero-order valence-electron chi connectivity index (χ0n) is 13.1. The highest BCUT2D eigenvalue weighted by Gasteiger charge is 2.10. The second-order valence-electron chi connectivity index (χ2n) is 5.59. The van der Waals surface area contributed by atoms with Gasteiger partial charge in [-0.05, 0) is 54.7 Å². The van der Waals surface area contributed by atoms with E-state index >= 15 is 0 Å². The average Bonchev–Trinajstić information content (AvgIpc) is 2.96. The molecule has 0 bridgehead atoms. The summed E-state index contributed by atoms with van der Waals surface area (Å²) in [6.07, 6.45) is 4.27. The Labute approximate surface area is 130 Å². The van der Waals surface area contributed by atoms with E-state index in [1.54, 1.807) is 6.07 Å². The highest BCUT2D eigenvalue weighted by molar-refractivity contribution is 5.74. The molecule has 2 aromatic carbocycles. The van der Waals surface area contributed by atoms with Gasteiger partial charge in [0.05, 0.1) is 0 Å². The monoisotopic (exact) mass is 295 g/mol. The fraction of sp³-hybridized carbons (Fsp3) is 0.333. The first-order valence-electron chi connectivity index (χ1n) is 7.89. The fourth-order valence-electron chi connectivity index (χ4n) is 2.55. The fourth-order valence-corrected chi connectivity index (χ4v) is 2.55. The van der Waals surface area contributed by atoms with Crippen LogP contribution >= 0.6 is 0 Å². The van der Waals surface area contributed by atoms with Crippen LogP contribution in [-0.4, -0.2) is 20.1 Å². The van der Waals surface area contributed by atoms with E-state index in [1.165, 1.54) is 15.9 Å². The van der Waals surface area contributed by atoms with Crippen molar-refractivity contribution in [3.63, 3.8) is 0 Å². The molecule has 0 aliphatic rings. The van der Waals surface area contributed by atoms with E-state index in [-0.39, 0.29) is 5.75 Å². The summed E-state index contributed by atoms with van der Waals surface area (Å²) in [4.78, 5) is 1.54. The van der Waals surface area contributed by atoms with Gasteiger partial charge in [0.25, 0.3) is 0 Å². The number of phenols is 1. The van der Waals surface area contributed by atoms with Crippen LogP contribution in [0.3, 0.4) is 0 Å². The molecule has 0 unspecified atom stereocenters. The quantitative estimate of drug-likeness (QED) is 0.773. The molecule has 0 aliphatic heterocycles. The van der Waals surface area contributed by atoms with E-state index in [2.05, 4.69) is 36.2 Å².